The summed E-state index contributed by atoms with van der Waals surface area (Å²) in [5.74, 6) is -3.85. The molecule has 0 bridgehead atoms. The van der Waals surface area contributed by atoms with E-state index in [0.717, 1.165) is 0 Å². The average molecular weight is 473 g/mol. The Morgan fingerprint density at radius 1 is 0.893 bits per heavy atom. The van der Waals surface area contributed by atoms with Gasteiger partial charge in [-0.25, -0.2) is 8.42 Å². The Morgan fingerprint density at radius 2 is 1.36 bits per heavy atom. The fourth-order valence-corrected chi connectivity index (χ4v) is 7.37. The monoisotopic (exact) mass is 472 g/mol. The summed E-state index contributed by atoms with van der Waals surface area (Å²) in [4.78, 5) is 25.7. The highest BCUT2D eigenvalue weighted by Gasteiger charge is 2.62. The lowest BCUT2D eigenvalue weighted by molar-refractivity contribution is -0.155. The van der Waals surface area contributed by atoms with Gasteiger partial charge in [0.1, 0.15) is 11.2 Å². The van der Waals surface area contributed by atoms with Gasteiger partial charge in [-0.15, -0.1) is 0 Å². The van der Waals surface area contributed by atoms with Crippen molar-refractivity contribution in [2.45, 2.75) is 43.8 Å². The Bertz CT molecular complexity index is 877. The van der Waals surface area contributed by atoms with Crippen LogP contribution in [-0.2, 0) is 28.9 Å². The summed E-state index contributed by atoms with van der Waals surface area (Å²) in [5, 5.41) is 0.457. The zero-order valence-electron chi connectivity index (χ0n) is 16.3. The van der Waals surface area contributed by atoms with Gasteiger partial charge in [0.15, 0.2) is 9.84 Å². The summed E-state index contributed by atoms with van der Waals surface area (Å²) in [6, 6.07) is 8.12. The quantitative estimate of drug-likeness (QED) is 0.483. The number of carbonyl (C=O) groups is 2. The molecular formula is C20H25BrO6S. The lowest BCUT2D eigenvalue weighted by Gasteiger charge is -2.31. The molecule has 2 aliphatic heterocycles. The van der Waals surface area contributed by atoms with Crippen LogP contribution in [0.15, 0.2) is 35.2 Å². The average Bonchev–Trinajstić information content (AvgIpc) is 2.94. The van der Waals surface area contributed by atoms with Gasteiger partial charge in [0.05, 0.1) is 22.5 Å². The van der Waals surface area contributed by atoms with Gasteiger partial charge in [-0.2, -0.15) is 0 Å². The van der Waals surface area contributed by atoms with Gasteiger partial charge in [0.25, 0.3) is 0 Å². The summed E-state index contributed by atoms with van der Waals surface area (Å²) < 4.78 is 37.1. The van der Waals surface area contributed by atoms with Gasteiger partial charge in [-0.05, 0) is 39.8 Å². The molecule has 2 heterocycles. The van der Waals surface area contributed by atoms with Crippen molar-refractivity contribution < 1.29 is 27.5 Å². The van der Waals surface area contributed by atoms with E-state index in [1.807, 2.05) is 0 Å². The van der Waals surface area contributed by atoms with E-state index in [1.165, 1.54) is 12.1 Å². The molecule has 0 aliphatic carbocycles. The van der Waals surface area contributed by atoms with Crippen LogP contribution in [0.1, 0.15) is 27.7 Å². The molecule has 2 aliphatic rings. The molecule has 6 nitrogen and oxygen atoms in total. The molecule has 1 aromatic carbocycles. The molecular weight excluding hydrogens is 448 g/mol. The lowest BCUT2D eigenvalue weighted by atomic mass is 9.71. The normalized spacial score (nSPS) is 31.5. The number of halogens is 1. The number of esters is 2. The van der Waals surface area contributed by atoms with Crippen molar-refractivity contribution in [2.75, 3.05) is 11.1 Å². The van der Waals surface area contributed by atoms with E-state index >= 15 is 0 Å². The highest BCUT2D eigenvalue weighted by atomic mass is 79.9. The second-order valence-corrected chi connectivity index (χ2v) is 11.2. The molecule has 28 heavy (non-hydrogen) atoms. The number of rotatable bonds is 5. The number of alkyl halides is 1. The van der Waals surface area contributed by atoms with Gasteiger partial charge >= 0.3 is 11.9 Å². The van der Waals surface area contributed by atoms with E-state index in [4.69, 9.17) is 9.47 Å². The van der Waals surface area contributed by atoms with Gasteiger partial charge in [-0.3, -0.25) is 9.59 Å². The standard InChI is InChI=1S/C20H25BrO6S/c1-19(2)13(10-21)15(17(22)26-19)16-14(20(3,4)27-18(16)23)11-28(24,25)12-8-6-5-7-9-12/h5-9,13-16H,10-11H2,1-4H3. The predicted octanol–water partition coefficient (Wildman–Crippen LogP) is 2.99. The summed E-state index contributed by atoms with van der Waals surface area (Å²) in [6.45, 7) is 7.01. The predicted molar refractivity (Wildman–Crippen MR) is 107 cm³/mol. The van der Waals surface area contributed by atoms with Gasteiger partial charge in [-0.1, -0.05) is 34.1 Å². The summed E-state index contributed by atoms with van der Waals surface area (Å²) in [5.41, 5.74) is -1.76. The Balaban J connectivity index is 2.00. The maximum Gasteiger partial charge on any atom is 0.310 e. The van der Waals surface area contributed by atoms with E-state index in [9.17, 15) is 18.0 Å². The minimum absolute atomic E-state index is 0.190. The first-order chi connectivity index (χ1) is 12.9. The summed E-state index contributed by atoms with van der Waals surface area (Å²) in [7, 11) is -3.67. The Labute approximate surface area is 174 Å². The second-order valence-electron chi connectivity index (χ2n) is 8.56. The van der Waals surface area contributed by atoms with Crippen LogP contribution >= 0.6 is 15.9 Å². The van der Waals surface area contributed by atoms with Crippen LogP contribution in [0.4, 0.5) is 0 Å². The molecule has 0 radical (unpaired) electrons. The highest BCUT2D eigenvalue weighted by molar-refractivity contribution is 9.09. The van der Waals surface area contributed by atoms with Crippen molar-refractivity contribution in [2.24, 2.45) is 23.7 Å². The maximum absolute atomic E-state index is 13.0. The minimum atomic E-state index is -3.67. The number of ether oxygens (including phenoxy) is 2. The second kappa shape index (κ2) is 7.13. The zero-order valence-corrected chi connectivity index (χ0v) is 18.7. The number of sulfone groups is 1. The molecule has 3 rings (SSSR count). The smallest absolute Gasteiger partial charge is 0.310 e. The molecule has 154 valence electrons. The van der Waals surface area contributed by atoms with E-state index in [1.54, 1.807) is 45.9 Å². The number of cyclic esters (lactones) is 2. The first-order valence-electron chi connectivity index (χ1n) is 9.20. The van der Waals surface area contributed by atoms with Crippen molar-refractivity contribution in [1.29, 1.82) is 0 Å². The Kier molecular flexibility index (Phi) is 5.42. The number of benzene rings is 1. The van der Waals surface area contributed by atoms with E-state index < -0.39 is 50.7 Å². The summed E-state index contributed by atoms with van der Waals surface area (Å²) >= 11 is 3.43. The van der Waals surface area contributed by atoms with E-state index in [2.05, 4.69) is 15.9 Å². The molecule has 0 spiro atoms. The SMILES string of the molecule is CC1(C)OC(=O)C(C2C(=O)OC(C)(C)C2CS(=O)(=O)c2ccccc2)C1CBr. The number of carbonyl (C=O) groups excluding carboxylic acids is 2. The van der Waals surface area contributed by atoms with Crippen LogP contribution in [0.2, 0.25) is 0 Å². The summed E-state index contributed by atoms with van der Waals surface area (Å²) in [6.07, 6.45) is 0. The fourth-order valence-electron chi connectivity index (χ4n) is 4.34. The molecule has 0 saturated carbocycles. The van der Waals surface area contributed by atoms with Crippen molar-refractivity contribution in [3.63, 3.8) is 0 Å². The van der Waals surface area contributed by atoms with Crippen LogP contribution in [-0.4, -0.2) is 42.6 Å². The number of hydrogen-bond donors (Lipinski definition) is 0. The number of hydrogen-bond acceptors (Lipinski definition) is 6. The first kappa shape index (κ1) is 21.3. The maximum atomic E-state index is 13.0. The molecule has 0 amide bonds. The molecule has 2 fully saturated rings. The third kappa shape index (κ3) is 3.61. The fraction of sp³-hybridized carbons (Fsp3) is 0.600. The molecule has 4 unspecified atom stereocenters. The molecule has 0 N–H and O–H groups in total. The van der Waals surface area contributed by atoms with E-state index in [0.29, 0.717) is 5.33 Å². The lowest BCUT2D eigenvalue weighted by Crippen LogP contribution is -2.42. The van der Waals surface area contributed by atoms with Gasteiger partial charge < -0.3 is 9.47 Å². The topological polar surface area (TPSA) is 86.7 Å². The highest BCUT2D eigenvalue weighted by Crippen LogP contribution is 2.50. The van der Waals surface area contributed by atoms with Gasteiger partial charge in [0.2, 0.25) is 0 Å². The van der Waals surface area contributed by atoms with Crippen LogP contribution in [0, 0.1) is 23.7 Å². The third-order valence-electron chi connectivity index (χ3n) is 5.98. The van der Waals surface area contributed by atoms with E-state index in [-0.39, 0.29) is 16.6 Å². The molecule has 1 aromatic rings. The minimum Gasteiger partial charge on any atom is -0.459 e. The third-order valence-corrected chi connectivity index (χ3v) is 8.46. The zero-order chi connectivity index (χ0) is 20.9. The van der Waals surface area contributed by atoms with Crippen LogP contribution in [0.3, 0.4) is 0 Å². The van der Waals surface area contributed by atoms with Crippen molar-refractivity contribution in [3.8, 4) is 0 Å². The van der Waals surface area contributed by atoms with Gasteiger partial charge in [0, 0.05) is 17.2 Å². The molecule has 4 atom stereocenters. The Morgan fingerprint density at radius 3 is 1.86 bits per heavy atom. The molecule has 2 saturated heterocycles. The first-order valence-corrected chi connectivity index (χ1v) is 12.0. The largest absolute Gasteiger partial charge is 0.459 e. The van der Waals surface area contributed by atoms with Crippen molar-refractivity contribution in [3.05, 3.63) is 30.3 Å². The van der Waals surface area contributed by atoms with Crippen LogP contribution in [0.5, 0.6) is 0 Å². The Hall–Kier alpha value is -1.41. The van der Waals surface area contributed by atoms with Crippen molar-refractivity contribution in [1.82, 2.24) is 0 Å². The molecule has 8 heteroatoms. The van der Waals surface area contributed by atoms with Crippen LogP contribution < -0.4 is 0 Å². The molecule has 0 aromatic heterocycles. The van der Waals surface area contributed by atoms with Crippen molar-refractivity contribution >= 4 is 37.7 Å². The van der Waals surface area contributed by atoms with Crippen LogP contribution in [0.25, 0.3) is 0 Å².